The summed E-state index contributed by atoms with van der Waals surface area (Å²) in [6.07, 6.45) is 3.65. The molecular weight excluding hydrogens is 308 g/mol. The van der Waals surface area contributed by atoms with Gasteiger partial charge in [0.1, 0.15) is 6.54 Å². The van der Waals surface area contributed by atoms with E-state index >= 15 is 0 Å². The molecule has 2 aromatic heterocycles. The normalized spacial score (nSPS) is 13.0. The summed E-state index contributed by atoms with van der Waals surface area (Å²) in [5, 5.41) is 34.5. The zero-order chi connectivity index (χ0) is 17.2. The van der Waals surface area contributed by atoms with E-state index in [-0.39, 0.29) is 13.2 Å². The van der Waals surface area contributed by atoms with Crippen molar-refractivity contribution in [3.8, 4) is 0 Å². The molecule has 0 radical (unpaired) electrons. The van der Waals surface area contributed by atoms with Gasteiger partial charge >= 0.3 is 5.82 Å². The number of aromatic nitrogens is 2. The van der Waals surface area contributed by atoms with Gasteiger partial charge in [0, 0.05) is 25.7 Å². The number of pyridine rings is 2. The number of rotatable bonds is 6. The fourth-order valence-electron chi connectivity index (χ4n) is 1.98. The molecule has 2 N–H and O–H groups in total. The number of aliphatic hydroxyl groups excluding tert-OH is 2. The van der Waals surface area contributed by atoms with Crippen molar-refractivity contribution in [2.24, 2.45) is 20.4 Å². The molecule has 2 heterocycles. The number of hydrogen-bond donors (Lipinski definition) is 2. The zero-order valence-corrected chi connectivity index (χ0v) is 13.5. The van der Waals surface area contributed by atoms with Gasteiger partial charge in [0.15, 0.2) is 11.3 Å². The second-order valence-electron chi connectivity index (χ2n) is 4.90. The zero-order valence-electron chi connectivity index (χ0n) is 13.5. The van der Waals surface area contributed by atoms with Crippen LogP contribution in [0.2, 0.25) is 0 Å². The Hall–Kier alpha value is -2.71. The molecule has 8 heteroatoms. The minimum Gasteiger partial charge on any atom is -0.395 e. The minimum absolute atomic E-state index is 0.0263. The van der Waals surface area contributed by atoms with Crippen molar-refractivity contribution in [2.75, 3.05) is 13.2 Å². The molecule has 0 atom stereocenters. The van der Waals surface area contributed by atoms with Gasteiger partial charge in [-0.05, 0) is 23.3 Å². The molecule has 0 bridgehead atoms. The van der Waals surface area contributed by atoms with Crippen LogP contribution in [0.1, 0.15) is 6.92 Å². The standard InChI is InChI=1S/C16H21N6O2/c1-14(17-19-15-6-2-4-8-21(15)10-12-23)18-20-16-7-3-5-9-22(16)11-13-24/h2-9,23-24H,10-13H2,1H3/q+1. The van der Waals surface area contributed by atoms with Crippen molar-refractivity contribution in [2.45, 2.75) is 20.0 Å². The molecule has 0 amide bonds. The predicted molar refractivity (Wildman–Crippen MR) is 88.4 cm³/mol. The molecule has 8 nitrogen and oxygen atoms in total. The van der Waals surface area contributed by atoms with E-state index in [0.29, 0.717) is 30.2 Å². The van der Waals surface area contributed by atoms with Gasteiger partial charge in [-0.2, -0.15) is 0 Å². The van der Waals surface area contributed by atoms with Crippen molar-refractivity contribution in [3.05, 3.63) is 54.3 Å². The highest BCUT2D eigenvalue weighted by atomic mass is 16.3. The van der Waals surface area contributed by atoms with Crippen LogP contribution in [0.4, 0.5) is 5.82 Å². The molecule has 0 spiro atoms. The molecule has 126 valence electrons. The van der Waals surface area contributed by atoms with Gasteiger partial charge in [-0.3, -0.25) is 0 Å². The smallest absolute Gasteiger partial charge is 0.350 e. The topological polar surface area (TPSA) is 98.7 Å². The first-order valence-electron chi connectivity index (χ1n) is 7.60. The third-order valence-corrected chi connectivity index (χ3v) is 3.11. The maximum atomic E-state index is 9.05. The van der Waals surface area contributed by atoms with E-state index in [4.69, 9.17) is 10.2 Å². The molecule has 2 rings (SSSR count). The third-order valence-electron chi connectivity index (χ3n) is 3.11. The molecule has 0 aromatic carbocycles. The van der Waals surface area contributed by atoms with E-state index in [2.05, 4.69) is 20.4 Å². The maximum absolute atomic E-state index is 9.05. The van der Waals surface area contributed by atoms with Crippen molar-refractivity contribution in [3.63, 3.8) is 0 Å². The first-order valence-corrected chi connectivity index (χ1v) is 7.60. The summed E-state index contributed by atoms with van der Waals surface area (Å²) < 4.78 is 3.58. The van der Waals surface area contributed by atoms with Crippen LogP contribution in [0.25, 0.3) is 0 Å². The lowest BCUT2D eigenvalue weighted by molar-refractivity contribution is -0.685. The summed E-state index contributed by atoms with van der Waals surface area (Å²) in [6, 6.07) is 11.0. The highest BCUT2D eigenvalue weighted by molar-refractivity contribution is 5.79. The van der Waals surface area contributed by atoms with Gasteiger partial charge in [0.25, 0.3) is 0 Å². The van der Waals surface area contributed by atoms with Crippen molar-refractivity contribution < 1.29 is 14.8 Å². The minimum atomic E-state index is 0.0263. The molecule has 0 fully saturated rings. The van der Waals surface area contributed by atoms with Crippen LogP contribution in [-0.2, 0) is 13.1 Å². The van der Waals surface area contributed by atoms with Crippen LogP contribution in [0.15, 0.2) is 69.2 Å². The van der Waals surface area contributed by atoms with E-state index in [1.54, 1.807) is 28.2 Å². The van der Waals surface area contributed by atoms with Gasteiger partial charge in [-0.15, -0.1) is 10.2 Å². The van der Waals surface area contributed by atoms with Crippen molar-refractivity contribution in [1.82, 2.24) is 4.57 Å². The van der Waals surface area contributed by atoms with E-state index in [9.17, 15) is 0 Å². The Kier molecular flexibility index (Phi) is 6.93. The van der Waals surface area contributed by atoms with Gasteiger partial charge in [0.2, 0.25) is 0 Å². The summed E-state index contributed by atoms with van der Waals surface area (Å²) in [5.74, 6) is 1.02. The quantitative estimate of drug-likeness (QED) is 0.269. The first-order chi connectivity index (χ1) is 11.7. The lowest BCUT2D eigenvalue weighted by Gasteiger charge is -2.02. The maximum Gasteiger partial charge on any atom is 0.350 e. The lowest BCUT2D eigenvalue weighted by Crippen LogP contribution is -2.35. The first kappa shape index (κ1) is 17.6. The van der Waals surface area contributed by atoms with E-state index in [1.165, 1.54) is 0 Å². The Labute approximate surface area is 139 Å². The van der Waals surface area contributed by atoms with Crippen LogP contribution in [0.5, 0.6) is 0 Å². The SMILES string of the molecule is C/C(N=Nc1cccc[n+]1CCO)=N/N=c1/ccccn1CCO. The molecule has 24 heavy (non-hydrogen) atoms. The number of hydrogen-bond acceptors (Lipinski definition) is 5. The van der Waals surface area contributed by atoms with Crippen molar-refractivity contribution >= 4 is 11.7 Å². The van der Waals surface area contributed by atoms with E-state index in [1.807, 2.05) is 36.7 Å². The average molecular weight is 329 g/mol. The second-order valence-corrected chi connectivity index (χ2v) is 4.90. The van der Waals surface area contributed by atoms with Crippen LogP contribution < -0.4 is 10.1 Å². The molecule has 0 aliphatic rings. The van der Waals surface area contributed by atoms with Gasteiger partial charge in [0.05, 0.1) is 24.5 Å². The Morgan fingerprint density at radius 1 is 1.12 bits per heavy atom. The highest BCUT2D eigenvalue weighted by Gasteiger charge is 2.07. The highest BCUT2D eigenvalue weighted by Crippen LogP contribution is 2.04. The number of nitrogens with zero attached hydrogens (tertiary/aromatic N) is 6. The number of azo groups is 1. The van der Waals surface area contributed by atoms with Crippen molar-refractivity contribution in [1.29, 1.82) is 0 Å². The monoisotopic (exact) mass is 329 g/mol. The molecule has 0 aliphatic heterocycles. The Morgan fingerprint density at radius 2 is 1.96 bits per heavy atom. The molecule has 0 saturated carbocycles. The van der Waals surface area contributed by atoms with Gasteiger partial charge in [-0.1, -0.05) is 12.1 Å². The summed E-state index contributed by atoms with van der Waals surface area (Å²) in [6.45, 7) is 2.64. The van der Waals surface area contributed by atoms with Crippen LogP contribution in [0, 0.1) is 0 Å². The summed E-state index contributed by atoms with van der Waals surface area (Å²) in [5.41, 5.74) is 0.621. The fourth-order valence-corrected chi connectivity index (χ4v) is 1.98. The Balaban J connectivity index is 2.19. The number of aliphatic hydroxyl groups is 2. The largest absolute Gasteiger partial charge is 0.395 e. The summed E-state index contributed by atoms with van der Waals surface area (Å²) in [4.78, 5) is 0. The Bertz CT molecular complexity index is 782. The fraction of sp³-hybridized carbons (Fsp3) is 0.312. The second kappa shape index (κ2) is 9.43. The summed E-state index contributed by atoms with van der Waals surface area (Å²) in [7, 11) is 0. The lowest BCUT2D eigenvalue weighted by atomic mass is 10.4. The Morgan fingerprint density at radius 3 is 2.75 bits per heavy atom. The predicted octanol–water partition coefficient (Wildman–Crippen LogP) is 0.778. The van der Waals surface area contributed by atoms with Gasteiger partial charge in [-0.25, -0.2) is 4.57 Å². The molecule has 0 unspecified atom stereocenters. The molecule has 2 aromatic rings. The van der Waals surface area contributed by atoms with Crippen LogP contribution in [-0.4, -0.2) is 33.8 Å². The van der Waals surface area contributed by atoms with E-state index < -0.39 is 0 Å². The third kappa shape index (κ3) is 5.18. The molecule has 0 saturated heterocycles. The number of amidine groups is 1. The van der Waals surface area contributed by atoms with Crippen LogP contribution >= 0.6 is 0 Å². The summed E-state index contributed by atoms with van der Waals surface area (Å²) >= 11 is 0. The van der Waals surface area contributed by atoms with E-state index in [0.717, 1.165) is 0 Å². The molecular formula is C16H21N6O2+. The van der Waals surface area contributed by atoms with Crippen LogP contribution in [0.3, 0.4) is 0 Å². The van der Waals surface area contributed by atoms with Gasteiger partial charge < -0.3 is 14.8 Å². The average Bonchev–Trinajstić information content (AvgIpc) is 2.61. The molecule has 0 aliphatic carbocycles.